The molecule has 0 fully saturated rings. The number of rotatable bonds is 4. The zero-order chi connectivity index (χ0) is 15.9. The number of halogens is 3. The lowest BCUT2D eigenvalue weighted by Gasteiger charge is -2.07. The number of fused-ring (bicyclic) bond motifs is 2. The van der Waals surface area contributed by atoms with Crippen molar-refractivity contribution in [3.05, 3.63) is 35.0 Å². The molecule has 1 aliphatic rings. The Morgan fingerprint density at radius 2 is 1.82 bits per heavy atom. The Labute approximate surface area is 127 Å². The van der Waals surface area contributed by atoms with Crippen LogP contribution in [0, 0.1) is 0 Å². The van der Waals surface area contributed by atoms with Crippen molar-refractivity contribution in [1.29, 1.82) is 0 Å². The summed E-state index contributed by atoms with van der Waals surface area (Å²) in [7, 11) is 4.08. The standard InChI is InChI=1S/C16H20F3N3/c1-21-7-12-5-14-11(3-4-20-10-16(17,18)19)9-22(2)15(14)6-13(12)8-21/h5-6,9,20H,3-4,7-8,10H2,1-2H3. The highest BCUT2D eigenvalue weighted by atomic mass is 19.4. The van der Waals surface area contributed by atoms with Crippen molar-refractivity contribution < 1.29 is 13.2 Å². The first-order valence-corrected chi connectivity index (χ1v) is 7.39. The van der Waals surface area contributed by atoms with Gasteiger partial charge < -0.3 is 9.88 Å². The molecule has 3 rings (SSSR count). The summed E-state index contributed by atoms with van der Waals surface area (Å²) in [5.41, 5.74) is 4.92. The number of nitrogens with one attached hydrogen (secondary N) is 1. The monoisotopic (exact) mass is 311 g/mol. The van der Waals surface area contributed by atoms with Crippen molar-refractivity contribution in [1.82, 2.24) is 14.8 Å². The Kier molecular flexibility index (Phi) is 3.91. The van der Waals surface area contributed by atoms with Crippen molar-refractivity contribution in [2.24, 2.45) is 7.05 Å². The molecule has 1 aromatic heterocycles. The van der Waals surface area contributed by atoms with Gasteiger partial charge in [0.15, 0.2) is 0 Å². The van der Waals surface area contributed by atoms with Gasteiger partial charge >= 0.3 is 6.18 Å². The fourth-order valence-electron chi connectivity index (χ4n) is 3.18. The van der Waals surface area contributed by atoms with Crippen molar-refractivity contribution in [3.63, 3.8) is 0 Å². The molecule has 1 N–H and O–H groups in total. The molecule has 1 aromatic carbocycles. The second-order valence-corrected chi connectivity index (χ2v) is 6.12. The van der Waals surface area contributed by atoms with Crippen LogP contribution in [-0.4, -0.2) is 35.8 Å². The van der Waals surface area contributed by atoms with Gasteiger partial charge in [0.05, 0.1) is 6.54 Å². The first-order valence-electron chi connectivity index (χ1n) is 7.39. The molecule has 2 aromatic rings. The van der Waals surface area contributed by atoms with Crippen LogP contribution in [0.2, 0.25) is 0 Å². The van der Waals surface area contributed by atoms with E-state index in [1.165, 1.54) is 11.1 Å². The van der Waals surface area contributed by atoms with E-state index in [1.54, 1.807) is 0 Å². The molecular weight excluding hydrogens is 291 g/mol. The van der Waals surface area contributed by atoms with Gasteiger partial charge in [0.25, 0.3) is 0 Å². The number of benzene rings is 1. The van der Waals surface area contributed by atoms with Crippen LogP contribution in [0.3, 0.4) is 0 Å². The molecule has 0 unspecified atom stereocenters. The number of aromatic nitrogens is 1. The van der Waals surface area contributed by atoms with Crippen molar-refractivity contribution >= 4 is 10.9 Å². The predicted molar refractivity (Wildman–Crippen MR) is 80.7 cm³/mol. The Bertz CT molecular complexity index is 688. The highest BCUT2D eigenvalue weighted by molar-refractivity contribution is 5.85. The molecule has 0 saturated heterocycles. The van der Waals surface area contributed by atoms with Crippen LogP contribution in [0.5, 0.6) is 0 Å². The Balaban J connectivity index is 1.78. The molecule has 1 aliphatic heterocycles. The van der Waals surface area contributed by atoms with Crippen LogP contribution in [0.15, 0.2) is 18.3 Å². The molecule has 0 aliphatic carbocycles. The first-order chi connectivity index (χ1) is 10.3. The van der Waals surface area contributed by atoms with Crippen LogP contribution < -0.4 is 5.32 Å². The van der Waals surface area contributed by atoms with Crippen molar-refractivity contribution in [2.45, 2.75) is 25.7 Å². The molecule has 0 radical (unpaired) electrons. The largest absolute Gasteiger partial charge is 0.401 e. The summed E-state index contributed by atoms with van der Waals surface area (Å²) < 4.78 is 38.5. The maximum atomic E-state index is 12.2. The van der Waals surface area contributed by atoms with Crippen LogP contribution in [0.4, 0.5) is 13.2 Å². The average molecular weight is 311 g/mol. The summed E-state index contributed by atoms with van der Waals surface area (Å²) in [5.74, 6) is 0. The number of hydrogen-bond donors (Lipinski definition) is 1. The third kappa shape index (κ3) is 3.13. The molecule has 0 bridgehead atoms. The normalized spacial score (nSPS) is 15.7. The van der Waals surface area contributed by atoms with Crippen molar-refractivity contribution in [3.8, 4) is 0 Å². The average Bonchev–Trinajstić information content (AvgIpc) is 2.91. The van der Waals surface area contributed by atoms with Crippen LogP contribution in [0.1, 0.15) is 16.7 Å². The first kappa shape index (κ1) is 15.4. The van der Waals surface area contributed by atoms with Gasteiger partial charge in [-0.2, -0.15) is 13.2 Å². The second kappa shape index (κ2) is 5.59. The molecule has 0 atom stereocenters. The minimum Gasteiger partial charge on any atom is -0.350 e. The summed E-state index contributed by atoms with van der Waals surface area (Å²) in [6.07, 6.45) is -1.52. The SMILES string of the molecule is CN1Cc2cc3c(CCNCC(F)(F)F)cn(C)c3cc2C1. The van der Waals surface area contributed by atoms with Gasteiger partial charge in [-0.05, 0) is 48.8 Å². The van der Waals surface area contributed by atoms with Gasteiger partial charge in [-0.15, -0.1) is 0 Å². The summed E-state index contributed by atoms with van der Waals surface area (Å²) in [6, 6.07) is 4.41. The lowest BCUT2D eigenvalue weighted by Crippen LogP contribution is -2.30. The lowest BCUT2D eigenvalue weighted by atomic mass is 10.0. The minimum atomic E-state index is -4.15. The van der Waals surface area contributed by atoms with E-state index >= 15 is 0 Å². The molecule has 2 heterocycles. The second-order valence-electron chi connectivity index (χ2n) is 6.12. The van der Waals surface area contributed by atoms with Crippen LogP contribution >= 0.6 is 0 Å². The highest BCUT2D eigenvalue weighted by Crippen LogP contribution is 2.30. The number of nitrogens with zero attached hydrogens (tertiary/aromatic N) is 2. The maximum absolute atomic E-state index is 12.2. The number of hydrogen-bond acceptors (Lipinski definition) is 2. The Morgan fingerprint density at radius 1 is 1.14 bits per heavy atom. The van der Waals surface area contributed by atoms with Gasteiger partial charge in [-0.25, -0.2) is 0 Å². The quantitative estimate of drug-likeness (QED) is 0.876. The third-order valence-electron chi connectivity index (χ3n) is 4.17. The van der Waals surface area contributed by atoms with E-state index in [0.29, 0.717) is 13.0 Å². The Hall–Kier alpha value is -1.53. The third-order valence-corrected chi connectivity index (χ3v) is 4.17. The molecular formula is C16H20F3N3. The van der Waals surface area contributed by atoms with Crippen molar-refractivity contribution in [2.75, 3.05) is 20.1 Å². The van der Waals surface area contributed by atoms with Gasteiger partial charge in [-0.1, -0.05) is 0 Å². The van der Waals surface area contributed by atoms with E-state index in [1.807, 2.05) is 13.2 Å². The van der Waals surface area contributed by atoms with E-state index in [4.69, 9.17) is 0 Å². The van der Waals surface area contributed by atoms with Crippen LogP contribution in [0.25, 0.3) is 10.9 Å². The molecule has 120 valence electrons. The summed E-state index contributed by atoms with van der Waals surface area (Å²) in [6.45, 7) is 1.29. The fraction of sp³-hybridized carbons (Fsp3) is 0.500. The fourth-order valence-corrected chi connectivity index (χ4v) is 3.18. The summed E-state index contributed by atoms with van der Waals surface area (Å²) >= 11 is 0. The van der Waals surface area contributed by atoms with E-state index in [0.717, 1.165) is 29.6 Å². The van der Waals surface area contributed by atoms with E-state index in [-0.39, 0.29) is 0 Å². The summed E-state index contributed by atoms with van der Waals surface area (Å²) in [4.78, 5) is 2.26. The van der Waals surface area contributed by atoms with E-state index < -0.39 is 12.7 Å². The number of alkyl halides is 3. The van der Waals surface area contributed by atoms with Gasteiger partial charge in [0, 0.05) is 37.2 Å². The smallest absolute Gasteiger partial charge is 0.350 e. The predicted octanol–water partition coefficient (Wildman–Crippen LogP) is 2.82. The zero-order valence-electron chi connectivity index (χ0n) is 12.8. The van der Waals surface area contributed by atoms with Gasteiger partial charge in [0.2, 0.25) is 0 Å². The van der Waals surface area contributed by atoms with Crippen LogP contribution in [-0.2, 0) is 26.6 Å². The van der Waals surface area contributed by atoms with E-state index in [2.05, 4.69) is 34.0 Å². The molecule has 0 amide bonds. The molecule has 0 saturated carbocycles. The molecule has 6 heteroatoms. The molecule has 3 nitrogen and oxygen atoms in total. The maximum Gasteiger partial charge on any atom is 0.401 e. The number of aryl methyl sites for hydroxylation is 1. The Morgan fingerprint density at radius 3 is 2.50 bits per heavy atom. The summed E-state index contributed by atoms with van der Waals surface area (Å²) in [5, 5.41) is 3.62. The zero-order valence-corrected chi connectivity index (χ0v) is 12.8. The van der Waals surface area contributed by atoms with Gasteiger partial charge in [0.1, 0.15) is 0 Å². The molecule has 0 spiro atoms. The highest BCUT2D eigenvalue weighted by Gasteiger charge is 2.26. The van der Waals surface area contributed by atoms with E-state index in [9.17, 15) is 13.2 Å². The van der Waals surface area contributed by atoms with Gasteiger partial charge in [-0.3, -0.25) is 4.90 Å². The minimum absolute atomic E-state index is 0.329. The molecule has 22 heavy (non-hydrogen) atoms. The topological polar surface area (TPSA) is 20.2 Å². The lowest BCUT2D eigenvalue weighted by molar-refractivity contribution is -0.124.